The topological polar surface area (TPSA) is 81.7 Å². The van der Waals surface area contributed by atoms with Crippen molar-refractivity contribution in [3.8, 4) is 0 Å². The van der Waals surface area contributed by atoms with E-state index in [0.29, 0.717) is 12.5 Å². The van der Waals surface area contributed by atoms with Gasteiger partial charge in [-0.2, -0.15) is 0 Å². The number of nitrogens with zero attached hydrogens (tertiary/aromatic N) is 1. The van der Waals surface area contributed by atoms with Gasteiger partial charge in [-0.25, -0.2) is 4.79 Å². The maximum Gasteiger partial charge on any atom is 0.315 e. The fourth-order valence-electron chi connectivity index (χ4n) is 3.47. The van der Waals surface area contributed by atoms with Crippen molar-refractivity contribution in [3.05, 3.63) is 0 Å². The largest absolute Gasteiger partial charge is 0.481 e. The molecule has 2 fully saturated rings. The molecule has 6 nitrogen and oxygen atoms in total. The Kier molecular flexibility index (Phi) is 5.08. The number of carbonyl (C=O) groups excluding carboxylic acids is 1. The minimum Gasteiger partial charge on any atom is -0.481 e. The van der Waals surface area contributed by atoms with Crippen LogP contribution < -0.4 is 10.6 Å². The molecule has 120 valence electrons. The van der Waals surface area contributed by atoms with Crippen molar-refractivity contribution in [1.29, 1.82) is 0 Å². The van der Waals surface area contributed by atoms with Crippen LogP contribution in [0.1, 0.15) is 39.0 Å². The first-order valence-electron chi connectivity index (χ1n) is 7.85. The maximum absolute atomic E-state index is 12.0. The van der Waals surface area contributed by atoms with Crippen LogP contribution in [-0.2, 0) is 4.79 Å². The monoisotopic (exact) mass is 297 g/mol. The molecule has 1 heterocycles. The Morgan fingerprint density at radius 1 is 1.38 bits per heavy atom. The van der Waals surface area contributed by atoms with Gasteiger partial charge in [-0.15, -0.1) is 0 Å². The summed E-state index contributed by atoms with van der Waals surface area (Å²) in [5.74, 6) is -0.341. The van der Waals surface area contributed by atoms with Crippen LogP contribution in [0.3, 0.4) is 0 Å². The van der Waals surface area contributed by atoms with Crippen LogP contribution in [0.15, 0.2) is 0 Å². The lowest BCUT2D eigenvalue weighted by Gasteiger charge is -2.41. The molecule has 1 saturated heterocycles. The van der Waals surface area contributed by atoms with E-state index in [1.54, 1.807) is 0 Å². The fraction of sp³-hybridized carbons (Fsp3) is 0.867. The quantitative estimate of drug-likeness (QED) is 0.714. The van der Waals surface area contributed by atoms with Crippen molar-refractivity contribution in [2.24, 2.45) is 11.3 Å². The molecule has 2 atom stereocenters. The van der Waals surface area contributed by atoms with Crippen LogP contribution in [0, 0.1) is 11.3 Å². The van der Waals surface area contributed by atoms with Crippen molar-refractivity contribution in [1.82, 2.24) is 15.5 Å². The number of aliphatic carboxylic acids is 1. The molecule has 1 aliphatic heterocycles. The molecular formula is C15H27N3O3. The molecule has 3 N–H and O–H groups in total. The first kappa shape index (κ1) is 16.1. The second-order valence-electron chi connectivity index (χ2n) is 6.89. The standard InChI is InChI=1S/C15H27N3O3/c1-11-9-18(2)7-4-12(11)17-14(21)16-10-15(5-3-6-15)8-13(19)20/h11-12H,3-10H2,1-2H3,(H,19,20)(H2,16,17,21). The molecule has 0 aromatic rings. The second kappa shape index (κ2) is 6.64. The van der Waals surface area contributed by atoms with E-state index in [0.717, 1.165) is 38.8 Å². The predicted molar refractivity (Wildman–Crippen MR) is 80.1 cm³/mol. The van der Waals surface area contributed by atoms with Gasteiger partial charge in [0.15, 0.2) is 0 Å². The highest BCUT2D eigenvalue weighted by Crippen LogP contribution is 2.43. The zero-order valence-electron chi connectivity index (χ0n) is 13.0. The highest BCUT2D eigenvalue weighted by atomic mass is 16.4. The van der Waals surface area contributed by atoms with Crippen LogP contribution in [0.25, 0.3) is 0 Å². The van der Waals surface area contributed by atoms with E-state index >= 15 is 0 Å². The predicted octanol–water partition coefficient (Wildman–Crippen LogP) is 1.27. The van der Waals surface area contributed by atoms with Crippen molar-refractivity contribution in [2.75, 3.05) is 26.7 Å². The van der Waals surface area contributed by atoms with Gasteiger partial charge in [0, 0.05) is 19.1 Å². The third-order valence-electron chi connectivity index (χ3n) is 4.99. The number of hydrogen-bond acceptors (Lipinski definition) is 3. The summed E-state index contributed by atoms with van der Waals surface area (Å²) in [6.45, 7) is 4.61. The smallest absolute Gasteiger partial charge is 0.315 e. The summed E-state index contributed by atoms with van der Waals surface area (Å²) >= 11 is 0. The molecule has 1 saturated carbocycles. The highest BCUT2D eigenvalue weighted by molar-refractivity contribution is 5.74. The summed E-state index contributed by atoms with van der Waals surface area (Å²) in [5, 5.41) is 14.9. The normalized spacial score (nSPS) is 28.5. The Morgan fingerprint density at radius 2 is 2.10 bits per heavy atom. The molecule has 0 radical (unpaired) electrons. The average molecular weight is 297 g/mol. The molecule has 0 aromatic carbocycles. The number of amides is 2. The van der Waals surface area contributed by atoms with Crippen LogP contribution in [0.5, 0.6) is 0 Å². The molecule has 2 aliphatic rings. The Hall–Kier alpha value is -1.30. The van der Waals surface area contributed by atoms with Crippen molar-refractivity contribution >= 4 is 12.0 Å². The van der Waals surface area contributed by atoms with Crippen molar-refractivity contribution in [3.63, 3.8) is 0 Å². The van der Waals surface area contributed by atoms with Crippen LogP contribution in [0.4, 0.5) is 4.79 Å². The highest BCUT2D eigenvalue weighted by Gasteiger charge is 2.39. The number of piperidine rings is 1. The third kappa shape index (κ3) is 4.33. The van der Waals surface area contributed by atoms with E-state index in [-0.39, 0.29) is 23.9 Å². The number of carboxylic acids is 1. The molecular weight excluding hydrogens is 270 g/mol. The van der Waals surface area contributed by atoms with E-state index in [2.05, 4.69) is 29.5 Å². The minimum absolute atomic E-state index is 0.151. The van der Waals surface area contributed by atoms with Gasteiger partial charge in [-0.3, -0.25) is 4.79 Å². The van der Waals surface area contributed by atoms with Gasteiger partial charge in [0.05, 0.1) is 6.42 Å². The summed E-state index contributed by atoms with van der Waals surface area (Å²) in [7, 11) is 2.10. The molecule has 21 heavy (non-hydrogen) atoms. The SMILES string of the molecule is CC1CN(C)CCC1NC(=O)NCC1(CC(=O)O)CCC1. The number of likely N-dealkylation sites (tertiary alicyclic amines) is 1. The summed E-state index contributed by atoms with van der Waals surface area (Å²) in [6.07, 6.45) is 3.96. The second-order valence-corrected chi connectivity index (χ2v) is 6.89. The zero-order valence-corrected chi connectivity index (χ0v) is 13.0. The van der Waals surface area contributed by atoms with Gasteiger partial charge < -0.3 is 20.6 Å². The average Bonchev–Trinajstić information content (AvgIpc) is 2.35. The van der Waals surface area contributed by atoms with Crippen molar-refractivity contribution < 1.29 is 14.7 Å². The Morgan fingerprint density at radius 3 is 2.62 bits per heavy atom. The zero-order chi connectivity index (χ0) is 15.5. The lowest BCUT2D eigenvalue weighted by atomic mass is 9.66. The maximum atomic E-state index is 12.0. The summed E-state index contributed by atoms with van der Waals surface area (Å²) in [4.78, 5) is 25.2. The molecule has 6 heteroatoms. The molecule has 0 spiro atoms. The summed E-state index contributed by atoms with van der Waals surface area (Å²) < 4.78 is 0. The Labute approximate surface area is 126 Å². The number of carboxylic acid groups (broad SMARTS) is 1. The van der Waals surface area contributed by atoms with E-state index in [1.807, 2.05) is 0 Å². The first-order chi connectivity index (χ1) is 9.90. The fourth-order valence-corrected chi connectivity index (χ4v) is 3.47. The van der Waals surface area contributed by atoms with E-state index in [1.165, 1.54) is 0 Å². The van der Waals surface area contributed by atoms with Crippen LogP contribution >= 0.6 is 0 Å². The van der Waals surface area contributed by atoms with Gasteiger partial charge in [0.1, 0.15) is 0 Å². The molecule has 1 aliphatic carbocycles. The van der Waals surface area contributed by atoms with Crippen LogP contribution in [-0.4, -0.2) is 54.7 Å². The van der Waals surface area contributed by atoms with Gasteiger partial charge in [0.2, 0.25) is 0 Å². The van der Waals surface area contributed by atoms with Gasteiger partial charge in [0.25, 0.3) is 0 Å². The van der Waals surface area contributed by atoms with Crippen LogP contribution in [0.2, 0.25) is 0 Å². The summed E-state index contributed by atoms with van der Waals surface area (Å²) in [5.41, 5.74) is -0.221. The molecule has 0 aromatic heterocycles. The lowest BCUT2D eigenvalue weighted by Crippen LogP contribution is -2.53. The molecule has 2 amide bonds. The number of hydrogen-bond donors (Lipinski definition) is 3. The minimum atomic E-state index is -0.777. The number of urea groups is 1. The van der Waals surface area contributed by atoms with Crippen molar-refractivity contribution in [2.45, 2.75) is 45.1 Å². The molecule has 2 rings (SSSR count). The summed E-state index contributed by atoms with van der Waals surface area (Å²) in [6, 6.07) is 0.0473. The number of nitrogens with one attached hydrogen (secondary N) is 2. The lowest BCUT2D eigenvalue weighted by molar-refractivity contribution is -0.141. The van der Waals surface area contributed by atoms with Gasteiger partial charge in [-0.05, 0) is 44.2 Å². The molecule has 0 bridgehead atoms. The number of rotatable bonds is 5. The van der Waals surface area contributed by atoms with E-state index < -0.39 is 5.97 Å². The first-order valence-corrected chi connectivity index (χ1v) is 7.85. The third-order valence-corrected chi connectivity index (χ3v) is 4.99. The number of carbonyl (C=O) groups is 2. The van der Waals surface area contributed by atoms with Gasteiger partial charge >= 0.3 is 12.0 Å². The Bertz CT molecular complexity index is 396. The van der Waals surface area contributed by atoms with Gasteiger partial charge in [-0.1, -0.05) is 13.3 Å². The molecule has 2 unspecified atom stereocenters. The Balaban J connectivity index is 1.75. The van der Waals surface area contributed by atoms with E-state index in [9.17, 15) is 9.59 Å². The van der Waals surface area contributed by atoms with E-state index in [4.69, 9.17) is 5.11 Å².